The van der Waals surface area contributed by atoms with Crippen molar-refractivity contribution in [3.05, 3.63) is 11.8 Å². The average Bonchev–Trinajstić information content (AvgIpc) is 2.93. The SMILES string of the molecule is O=C(O)c1nnc(C2CC3CCC2C3)o1. The molecule has 0 aromatic carbocycles. The molecular formula is C10H12N2O3. The first-order chi connectivity index (χ1) is 7.24. The van der Waals surface area contributed by atoms with Crippen molar-refractivity contribution in [3.8, 4) is 0 Å². The van der Waals surface area contributed by atoms with Crippen molar-refractivity contribution in [2.75, 3.05) is 0 Å². The van der Waals surface area contributed by atoms with Crippen molar-refractivity contribution in [1.82, 2.24) is 10.2 Å². The largest absolute Gasteiger partial charge is 0.474 e. The van der Waals surface area contributed by atoms with E-state index in [9.17, 15) is 4.79 Å². The maximum Gasteiger partial charge on any atom is 0.393 e. The number of hydrogen-bond donors (Lipinski definition) is 1. The second kappa shape index (κ2) is 3.05. The van der Waals surface area contributed by atoms with E-state index in [4.69, 9.17) is 9.52 Å². The van der Waals surface area contributed by atoms with Gasteiger partial charge in [-0.15, -0.1) is 10.2 Å². The van der Waals surface area contributed by atoms with Crippen LogP contribution < -0.4 is 0 Å². The van der Waals surface area contributed by atoms with E-state index in [0.29, 0.717) is 17.7 Å². The highest BCUT2D eigenvalue weighted by Crippen LogP contribution is 2.52. The van der Waals surface area contributed by atoms with E-state index in [1.807, 2.05) is 0 Å². The van der Waals surface area contributed by atoms with Crippen molar-refractivity contribution in [1.29, 1.82) is 0 Å². The Morgan fingerprint density at radius 3 is 2.73 bits per heavy atom. The topological polar surface area (TPSA) is 76.2 Å². The van der Waals surface area contributed by atoms with Crippen LogP contribution in [0.2, 0.25) is 0 Å². The first-order valence-corrected chi connectivity index (χ1v) is 5.30. The van der Waals surface area contributed by atoms with Gasteiger partial charge in [0, 0.05) is 5.92 Å². The Labute approximate surface area is 86.5 Å². The molecule has 2 saturated carbocycles. The predicted molar refractivity (Wildman–Crippen MR) is 49.4 cm³/mol. The molecule has 0 aliphatic heterocycles. The Morgan fingerprint density at radius 2 is 2.20 bits per heavy atom. The van der Waals surface area contributed by atoms with Gasteiger partial charge in [-0.1, -0.05) is 6.42 Å². The molecule has 3 unspecified atom stereocenters. The molecule has 15 heavy (non-hydrogen) atoms. The minimum atomic E-state index is -1.14. The Hall–Kier alpha value is -1.39. The molecule has 2 aliphatic rings. The normalized spacial score (nSPS) is 33.5. The summed E-state index contributed by atoms with van der Waals surface area (Å²) in [4.78, 5) is 10.6. The van der Waals surface area contributed by atoms with Crippen LogP contribution in [-0.4, -0.2) is 21.3 Å². The Bertz CT molecular complexity index is 401. The summed E-state index contributed by atoms with van der Waals surface area (Å²) in [6.45, 7) is 0. The zero-order valence-electron chi connectivity index (χ0n) is 8.22. The third-order valence-corrected chi connectivity index (χ3v) is 3.68. The number of aromatic nitrogens is 2. The van der Waals surface area contributed by atoms with Gasteiger partial charge in [-0.05, 0) is 31.1 Å². The molecule has 3 rings (SSSR count). The summed E-state index contributed by atoms with van der Waals surface area (Å²) in [6, 6.07) is 0. The molecule has 2 bridgehead atoms. The van der Waals surface area contributed by atoms with Crippen LogP contribution in [0.15, 0.2) is 4.42 Å². The molecule has 2 fully saturated rings. The smallest absolute Gasteiger partial charge is 0.393 e. The quantitative estimate of drug-likeness (QED) is 0.800. The van der Waals surface area contributed by atoms with Crippen LogP contribution in [-0.2, 0) is 0 Å². The zero-order chi connectivity index (χ0) is 10.4. The van der Waals surface area contributed by atoms with Crippen molar-refractivity contribution in [2.45, 2.75) is 31.6 Å². The van der Waals surface area contributed by atoms with Crippen LogP contribution in [0.25, 0.3) is 0 Å². The van der Waals surface area contributed by atoms with Gasteiger partial charge in [-0.25, -0.2) is 4.79 Å². The van der Waals surface area contributed by atoms with Crippen LogP contribution in [0.5, 0.6) is 0 Å². The highest BCUT2D eigenvalue weighted by Gasteiger charge is 2.42. The molecular weight excluding hydrogens is 196 g/mol. The van der Waals surface area contributed by atoms with Crippen LogP contribution in [0.1, 0.15) is 48.2 Å². The van der Waals surface area contributed by atoms with Gasteiger partial charge in [0.15, 0.2) is 0 Å². The molecule has 3 atom stereocenters. The maximum atomic E-state index is 10.6. The third kappa shape index (κ3) is 1.33. The molecule has 0 amide bonds. The lowest BCUT2D eigenvalue weighted by Gasteiger charge is -2.17. The van der Waals surface area contributed by atoms with Crippen LogP contribution in [0, 0.1) is 11.8 Å². The Morgan fingerprint density at radius 1 is 1.33 bits per heavy atom. The fourth-order valence-corrected chi connectivity index (χ4v) is 3.02. The Kier molecular flexibility index (Phi) is 1.81. The van der Waals surface area contributed by atoms with Gasteiger partial charge in [0.25, 0.3) is 0 Å². The lowest BCUT2D eigenvalue weighted by Crippen LogP contribution is -2.08. The summed E-state index contributed by atoms with van der Waals surface area (Å²) in [5.74, 6) is 0.839. The molecule has 0 radical (unpaired) electrons. The van der Waals surface area contributed by atoms with E-state index in [2.05, 4.69) is 10.2 Å². The first kappa shape index (κ1) is 8.88. The van der Waals surface area contributed by atoms with Crippen LogP contribution in [0.3, 0.4) is 0 Å². The van der Waals surface area contributed by atoms with Gasteiger partial charge >= 0.3 is 11.9 Å². The molecule has 1 aromatic rings. The lowest BCUT2D eigenvalue weighted by molar-refractivity contribution is 0.0650. The number of carboxylic acids is 1. The maximum absolute atomic E-state index is 10.6. The molecule has 2 aliphatic carbocycles. The summed E-state index contributed by atoms with van der Waals surface area (Å²) < 4.78 is 5.16. The van der Waals surface area contributed by atoms with E-state index in [1.165, 1.54) is 19.3 Å². The number of carboxylic acid groups (broad SMARTS) is 1. The molecule has 1 N–H and O–H groups in total. The summed E-state index contributed by atoms with van der Waals surface area (Å²) >= 11 is 0. The summed E-state index contributed by atoms with van der Waals surface area (Å²) in [6.07, 6.45) is 4.86. The highest BCUT2D eigenvalue weighted by atomic mass is 16.4. The summed E-state index contributed by atoms with van der Waals surface area (Å²) in [7, 11) is 0. The molecule has 0 saturated heterocycles. The molecule has 1 aromatic heterocycles. The van der Waals surface area contributed by atoms with Crippen molar-refractivity contribution < 1.29 is 14.3 Å². The zero-order valence-corrected chi connectivity index (χ0v) is 8.22. The summed E-state index contributed by atoms with van der Waals surface area (Å²) in [5.41, 5.74) is 0. The van der Waals surface area contributed by atoms with E-state index >= 15 is 0 Å². The molecule has 80 valence electrons. The van der Waals surface area contributed by atoms with Crippen LogP contribution in [0.4, 0.5) is 0 Å². The van der Waals surface area contributed by atoms with E-state index in [0.717, 1.165) is 12.3 Å². The van der Waals surface area contributed by atoms with Crippen LogP contribution >= 0.6 is 0 Å². The standard InChI is InChI=1S/C10H12N2O3/c13-10(14)9-12-11-8(15-9)7-4-5-1-2-6(7)3-5/h5-7H,1-4H2,(H,13,14). The molecule has 5 nitrogen and oxygen atoms in total. The summed E-state index contributed by atoms with van der Waals surface area (Å²) in [5, 5.41) is 16.0. The third-order valence-electron chi connectivity index (χ3n) is 3.68. The van der Waals surface area contributed by atoms with Crippen molar-refractivity contribution in [3.63, 3.8) is 0 Å². The number of rotatable bonds is 2. The van der Waals surface area contributed by atoms with Crippen molar-refractivity contribution in [2.24, 2.45) is 11.8 Å². The number of nitrogens with zero attached hydrogens (tertiary/aromatic N) is 2. The van der Waals surface area contributed by atoms with Gasteiger partial charge in [0.05, 0.1) is 0 Å². The first-order valence-electron chi connectivity index (χ1n) is 5.30. The monoisotopic (exact) mass is 208 g/mol. The van der Waals surface area contributed by atoms with E-state index < -0.39 is 5.97 Å². The number of carbonyl (C=O) groups is 1. The fourth-order valence-electron chi connectivity index (χ4n) is 3.02. The molecule has 0 spiro atoms. The number of fused-ring (bicyclic) bond motifs is 2. The second-order valence-corrected chi connectivity index (χ2v) is 4.53. The minimum absolute atomic E-state index is 0.284. The van der Waals surface area contributed by atoms with Gasteiger partial charge in [-0.3, -0.25) is 0 Å². The minimum Gasteiger partial charge on any atom is -0.474 e. The lowest BCUT2D eigenvalue weighted by atomic mass is 9.89. The molecule has 1 heterocycles. The number of aromatic carboxylic acids is 1. The fraction of sp³-hybridized carbons (Fsp3) is 0.700. The Balaban J connectivity index is 1.84. The molecule has 5 heteroatoms. The van der Waals surface area contributed by atoms with Crippen molar-refractivity contribution >= 4 is 5.97 Å². The average molecular weight is 208 g/mol. The predicted octanol–water partition coefficient (Wildman–Crippen LogP) is 1.67. The van der Waals surface area contributed by atoms with E-state index in [-0.39, 0.29) is 5.89 Å². The number of hydrogen-bond acceptors (Lipinski definition) is 4. The van der Waals surface area contributed by atoms with Gasteiger partial charge in [-0.2, -0.15) is 0 Å². The van der Waals surface area contributed by atoms with E-state index in [1.54, 1.807) is 0 Å². The van der Waals surface area contributed by atoms with Gasteiger partial charge < -0.3 is 9.52 Å². The second-order valence-electron chi connectivity index (χ2n) is 4.53. The van der Waals surface area contributed by atoms with Gasteiger partial charge in [0.2, 0.25) is 5.89 Å². The van der Waals surface area contributed by atoms with Gasteiger partial charge in [0.1, 0.15) is 0 Å². The highest BCUT2D eigenvalue weighted by molar-refractivity contribution is 5.81.